The quantitative estimate of drug-likeness (QED) is 0.312. The topological polar surface area (TPSA) is 69.4 Å². The molecule has 0 heterocycles. The van der Waals surface area contributed by atoms with Crippen LogP contribution in [0.1, 0.15) is 24.8 Å². The van der Waals surface area contributed by atoms with Gasteiger partial charge in [-0.1, -0.05) is 30.3 Å². The molecule has 1 aliphatic carbocycles. The molecule has 1 aliphatic rings. The Morgan fingerprint density at radius 2 is 2.16 bits per heavy atom. The van der Waals surface area contributed by atoms with E-state index >= 15 is 0 Å². The van der Waals surface area contributed by atoms with Crippen molar-refractivity contribution in [3.8, 4) is 0 Å². The fourth-order valence-electron chi connectivity index (χ4n) is 2.31. The first-order valence-electron chi connectivity index (χ1n) is 6.39. The van der Waals surface area contributed by atoms with Gasteiger partial charge in [-0.15, -0.1) is 0 Å². The van der Waals surface area contributed by atoms with Gasteiger partial charge in [0.1, 0.15) is 6.29 Å². The van der Waals surface area contributed by atoms with E-state index in [-0.39, 0.29) is 4.92 Å². The Balaban J connectivity index is 1.65. The highest BCUT2D eigenvalue weighted by atomic mass is 16.6. The van der Waals surface area contributed by atoms with E-state index in [0.29, 0.717) is 32.5 Å². The summed E-state index contributed by atoms with van der Waals surface area (Å²) in [6.07, 6.45) is 2.34. The lowest BCUT2D eigenvalue weighted by Crippen LogP contribution is -2.16. The van der Waals surface area contributed by atoms with Crippen LogP contribution in [0.3, 0.4) is 0 Å². The molecule has 1 aromatic rings. The van der Waals surface area contributed by atoms with E-state index in [4.69, 9.17) is 4.74 Å². The maximum absolute atomic E-state index is 10.9. The molecule has 0 spiro atoms. The smallest absolute Gasteiger partial charge is 0.226 e. The van der Waals surface area contributed by atoms with Gasteiger partial charge in [-0.25, -0.2) is 0 Å². The van der Waals surface area contributed by atoms with E-state index in [0.717, 1.165) is 11.8 Å². The highest BCUT2D eigenvalue weighted by molar-refractivity contribution is 5.65. The molecule has 0 unspecified atom stereocenters. The van der Waals surface area contributed by atoms with E-state index in [2.05, 4.69) is 0 Å². The molecule has 0 bridgehead atoms. The standard InChI is InChI=1S/C14H17NO4/c16-11-14(9-13(14)15(17)18)7-4-8-19-10-12-5-2-1-3-6-12/h1-3,5-6,11,13H,4,7-10H2/t13-,14-/m1/s1. The Bertz CT molecular complexity index is 448. The van der Waals surface area contributed by atoms with Crippen LogP contribution in [0.5, 0.6) is 0 Å². The zero-order chi connectivity index (χ0) is 13.7. The van der Waals surface area contributed by atoms with Crippen molar-refractivity contribution in [2.24, 2.45) is 5.41 Å². The second kappa shape index (κ2) is 5.93. The number of carbonyl (C=O) groups is 1. The average Bonchev–Trinajstić information content (AvgIpc) is 3.15. The van der Waals surface area contributed by atoms with Crippen LogP contribution in [-0.2, 0) is 16.1 Å². The summed E-state index contributed by atoms with van der Waals surface area (Å²) in [4.78, 5) is 21.2. The lowest BCUT2D eigenvalue weighted by molar-refractivity contribution is -0.501. The molecule has 0 aliphatic heterocycles. The predicted octanol–water partition coefficient (Wildman–Crippen LogP) is 2.22. The molecule has 5 nitrogen and oxygen atoms in total. The number of rotatable bonds is 8. The molecule has 5 heteroatoms. The third-order valence-corrected chi connectivity index (χ3v) is 3.61. The second-order valence-electron chi connectivity index (χ2n) is 5.00. The van der Waals surface area contributed by atoms with Crippen molar-refractivity contribution < 1.29 is 14.5 Å². The Labute approximate surface area is 111 Å². The van der Waals surface area contributed by atoms with Gasteiger partial charge in [0.15, 0.2) is 0 Å². The summed E-state index contributed by atoms with van der Waals surface area (Å²) in [5.41, 5.74) is 0.377. The molecule has 1 fully saturated rings. The number of carbonyl (C=O) groups excluding carboxylic acids is 1. The summed E-state index contributed by atoms with van der Waals surface area (Å²) in [5.74, 6) is 0. The van der Waals surface area contributed by atoms with Crippen molar-refractivity contribution in [1.82, 2.24) is 0 Å². The zero-order valence-electron chi connectivity index (χ0n) is 10.7. The predicted molar refractivity (Wildman–Crippen MR) is 69.2 cm³/mol. The second-order valence-corrected chi connectivity index (χ2v) is 5.00. The average molecular weight is 263 g/mol. The summed E-state index contributed by atoms with van der Waals surface area (Å²) >= 11 is 0. The van der Waals surface area contributed by atoms with Crippen LogP contribution in [0.4, 0.5) is 0 Å². The van der Waals surface area contributed by atoms with Crippen molar-refractivity contribution in [2.75, 3.05) is 6.61 Å². The van der Waals surface area contributed by atoms with Crippen LogP contribution in [0.15, 0.2) is 30.3 Å². The number of aldehydes is 1. The monoisotopic (exact) mass is 263 g/mol. The highest BCUT2D eigenvalue weighted by Crippen LogP contribution is 2.49. The van der Waals surface area contributed by atoms with Crippen LogP contribution in [0.2, 0.25) is 0 Å². The molecule has 1 saturated carbocycles. The number of nitrogens with zero attached hydrogens (tertiary/aromatic N) is 1. The molecule has 2 rings (SSSR count). The van der Waals surface area contributed by atoms with Crippen molar-refractivity contribution in [2.45, 2.75) is 31.9 Å². The normalized spacial score (nSPS) is 24.9. The molecule has 0 radical (unpaired) electrons. The van der Waals surface area contributed by atoms with E-state index in [1.165, 1.54) is 0 Å². The summed E-state index contributed by atoms with van der Waals surface area (Å²) in [5, 5.41) is 10.6. The fraction of sp³-hybridized carbons (Fsp3) is 0.500. The zero-order valence-corrected chi connectivity index (χ0v) is 10.7. The SMILES string of the molecule is O=C[C@@]1(CCCOCc2ccccc2)C[C@H]1[N+](=O)[O-]. The lowest BCUT2D eigenvalue weighted by Gasteiger charge is -2.07. The van der Waals surface area contributed by atoms with E-state index in [9.17, 15) is 14.9 Å². The van der Waals surface area contributed by atoms with E-state index < -0.39 is 11.5 Å². The van der Waals surface area contributed by atoms with Gasteiger partial charge < -0.3 is 9.53 Å². The van der Waals surface area contributed by atoms with Crippen LogP contribution >= 0.6 is 0 Å². The molecule has 0 saturated heterocycles. The fourth-order valence-corrected chi connectivity index (χ4v) is 2.31. The third-order valence-electron chi connectivity index (χ3n) is 3.61. The van der Waals surface area contributed by atoms with Gasteiger partial charge in [-0.2, -0.15) is 0 Å². The van der Waals surface area contributed by atoms with Crippen LogP contribution in [-0.4, -0.2) is 23.9 Å². The van der Waals surface area contributed by atoms with Crippen molar-refractivity contribution in [3.05, 3.63) is 46.0 Å². The Kier molecular flexibility index (Phi) is 4.27. The molecule has 19 heavy (non-hydrogen) atoms. The van der Waals surface area contributed by atoms with Gasteiger partial charge in [-0.05, 0) is 18.4 Å². The number of hydrogen-bond acceptors (Lipinski definition) is 4. The largest absolute Gasteiger partial charge is 0.377 e. The molecular weight excluding hydrogens is 246 g/mol. The first kappa shape index (κ1) is 13.7. The summed E-state index contributed by atoms with van der Waals surface area (Å²) in [6.45, 7) is 1.06. The molecule has 1 aromatic carbocycles. The number of hydrogen-bond donors (Lipinski definition) is 0. The molecule has 0 N–H and O–H groups in total. The summed E-state index contributed by atoms with van der Waals surface area (Å²) in [7, 11) is 0. The minimum absolute atomic E-state index is 0.348. The van der Waals surface area contributed by atoms with Gasteiger partial charge in [0.2, 0.25) is 6.04 Å². The summed E-state index contributed by atoms with van der Waals surface area (Å²) < 4.78 is 5.50. The van der Waals surface area contributed by atoms with Crippen molar-refractivity contribution >= 4 is 6.29 Å². The van der Waals surface area contributed by atoms with Gasteiger partial charge in [-0.3, -0.25) is 10.1 Å². The van der Waals surface area contributed by atoms with Crippen LogP contribution < -0.4 is 0 Å². The Morgan fingerprint density at radius 3 is 2.74 bits per heavy atom. The van der Waals surface area contributed by atoms with Crippen molar-refractivity contribution in [1.29, 1.82) is 0 Å². The molecular formula is C14H17NO4. The van der Waals surface area contributed by atoms with Gasteiger partial charge in [0.25, 0.3) is 0 Å². The summed E-state index contributed by atoms with van der Waals surface area (Å²) in [6, 6.07) is 9.13. The van der Waals surface area contributed by atoms with E-state index in [1.54, 1.807) is 0 Å². The minimum Gasteiger partial charge on any atom is -0.377 e. The molecule has 0 amide bonds. The maximum Gasteiger partial charge on any atom is 0.226 e. The first-order chi connectivity index (χ1) is 9.18. The number of ether oxygens (including phenoxy) is 1. The van der Waals surface area contributed by atoms with Gasteiger partial charge in [0, 0.05) is 18.0 Å². The molecule has 0 aromatic heterocycles. The molecule has 102 valence electrons. The van der Waals surface area contributed by atoms with Crippen molar-refractivity contribution in [3.63, 3.8) is 0 Å². The highest BCUT2D eigenvalue weighted by Gasteiger charge is 2.63. The molecule has 2 atom stereocenters. The third kappa shape index (κ3) is 3.38. The van der Waals surface area contributed by atoms with Gasteiger partial charge >= 0.3 is 0 Å². The van der Waals surface area contributed by atoms with Crippen LogP contribution in [0, 0.1) is 15.5 Å². The number of benzene rings is 1. The van der Waals surface area contributed by atoms with Gasteiger partial charge in [0.05, 0.1) is 12.0 Å². The van der Waals surface area contributed by atoms with Crippen LogP contribution in [0.25, 0.3) is 0 Å². The maximum atomic E-state index is 10.9. The minimum atomic E-state index is -0.723. The Morgan fingerprint density at radius 1 is 1.42 bits per heavy atom. The number of nitro groups is 1. The lowest BCUT2D eigenvalue weighted by atomic mass is 10.0. The first-order valence-corrected chi connectivity index (χ1v) is 6.39. The Hall–Kier alpha value is -1.75. The van der Waals surface area contributed by atoms with E-state index in [1.807, 2.05) is 30.3 Å².